The first-order valence-corrected chi connectivity index (χ1v) is 6.85. The van der Waals surface area contributed by atoms with E-state index in [4.69, 9.17) is 15.5 Å². The molecule has 1 heterocycles. The van der Waals surface area contributed by atoms with Crippen molar-refractivity contribution in [1.82, 2.24) is 0 Å². The van der Waals surface area contributed by atoms with Crippen molar-refractivity contribution >= 4 is 34.0 Å². The summed E-state index contributed by atoms with van der Waals surface area (Å²) in [6.07, 6.45) is -0.802. The fourth-order valence-electron chi connectivity index (χ4n) is 0.997. The molecule has 0 aromatic carbocycles. The number of thiophene rings is 1. The third-order valence-corrected chi connectivity index (χ3v) is 3.71. The number of hydrogen-bond acceptors (Lipinski definition) is 6. The fourth-order valence-corrected chi connectivity index (χ4v) is 2.50. The summed E-state index contributed by atoms with van der Waals surface area (Å²) in [5, 5.41) is 31.3. The zero-order chi connectivity index (χ0) is 12.7. The third kappa shape index (κ3) is 4.75. The van der Waals surface area contributed by atoms with Gasteiger partial charge in [0.2, 0.25) is 5.91 Å². The van der Waals surface area contributed by atoms with Crippen LogP contribution in [-0.2, 0) is 4.79 Å². The van der Waals surface area contributed by atoms with Crippen LogP contribution in [0.5, 0.6) is 0 Å². The predicted molar refractivity (Wildman–Crippen MR) is 68.1 cm³/mol. The molecule has 17 heavy (non-hydrogen) atoms. The molecule has 0 radical (unpaired) electrons. The van der Waals surface area contributed by atoms with Crippen molar-refractivity contribution < 1.29 is 15.0 Å². The minimum Gasteiger partial charge on any atom is -0.394 e. The number of carbonyl (C=O) groups is 1. The van der Waals surface area contributed by atoms with Crippen LogP contribution >= 0.6 is 23.1 Å². The molecule has 0 saturated heterocycles. The lowest BCUT2D eigenvalue weighted by Gasteiger charge is -2.06. The lowest BCUT2D eigenvalue weighted by molar-refractivity contribution is -0.113. The molecule has 3 N–H and O–H groups in total. The summed E-state index contributed by atoms with van der Waals surface area (Å²) in [7, 11) is 0. The van der Waals surface area contributed by atoms with Gasteiger partial charge in [-0.25, -0.2) is 0 Å². The molecule has 0 aliphatic heterocycles. The second-order valence-electron chi connectivity index (χ2n) is 3.17. The topological polar surface area (TPSA) is 93.4 Å². The Balaban J connectivity index is 2.33. The molecule has 5 nitrogen and oxygen atoms in total. The molecule has 92 valence electrons. The Labute approximate surface area is 107 Å². The molecule has 1 aromatic heterocycles. The third-order valence-electron chi connectivity index (χ3n) is 1.79. The van der Waals surface area contributed by atoms with E-state index in [2.05, 4.69) is 5.32 Å². The Morgan fingerprint density at radius 2 is 2.47 bits per heavy atom. The van der Waals surface area contributed by atoms with Gasteiger partial charge in [-0.2, -0.15) is 5.26 Å². The van der Waals surface area contributed by atoms with Crippen molar-refractivity contribution in [3.63, 3.8) is 0 Å². The zero-order valence-corrected chi connectivity index (χ0v) is 10.6. The maximum atomic E-state index is 11.5. The summed E-state index contributed by atoms with van der Waals surface area (Å²) >= 11 is 2.52. The van der Waals surface area contributed by atoms with Gasteiger partial charge in [0.05, 0.1) is 24.0 Å². The number of nitriles is 1. The summed E-state index contributed by atoms with van der Waals surface area (Å²) in [4.78, 5) is 11.5. The van der Waals surface area contributed by atoms with E-state index < -0.39 is 6.10 Å². The van der Waals surface area contributed by atoms with Gasteiger partial charge in [-0.15, -0.1) is 23.1 Å². The van der Waals surface area contributed by atoms with Crippen LogP contribution in [0.4, 0.5) is 5.00 Å². The molecular weight excluding hydrogens is 260 g/mol. The predicted octanol–water partition coefficient (Wildman–Crippen LogP) is 0.645. The van der Waals surface area contributed by atoms with Crippen LogP contribution in [0, 0.1) is 11.3 Å². The van der Waals surface area contributed by atoms with E-state index in [-0.39, 0.29) is 18.3 Å². The molecular formula is C10H12N2O3S2. The average molecular weight is 272 g/mol. The highest BCUT2D eigenvalue weighted by molar-refractivity contribution is 8.00. The average Bonchev–Trinajstić information content (AvgIpc) is 2.76. The molecule has 0 bridgehead atoms. The lowest BCUT2D eigenvalue weighted by atomic mass is 10.3. The Morgan fingerprint density at radius 3 is 3.12 bits per heavy atom. The SMILES string of the molecule is N#Cc1ccsc1NC(=O)CSCC(O)CO. The van der Waals surface area contributed by atoms with Crippen molar-refractivity contribution in [2.24, 2.45) is 0 Å². The normalized spacial score (nSPS) is 11.8. The second-order valence-corrected chi connectivity index (χ2v) is 5.12. The summed E-state index contributed by atoms with van der Waals surface area (Å²) in [6.45, 7) is -0.307. The summed E-state index contributed by atoms with van der Waals surface area (Å²) in [6, 6.07) is 3.62. The number of amides is 1. The number of hydrogen-bond donors (Lipinski definition) is 3. The van der Waals surface area contributed by atoms with Gasteiger partial charge in [0, 0.05) is 5.75 Å². The number of aliphatic hydroxyl groups is 2. The van der Waals surface area contributed by atoms with E-state index >= 15 is 0 Å². The van der Waals surface area contributed by atoms with Crippen molar-refractivity contribution in [1.29, 1.82) is 5.26 Å². The van der Waals surface area contributed by atoms with Crippen molar-refractivity contribution in [2.75, 3.05) is 23.4 Å². The Hall–Kier alpha value is -1.07. The molecule has 1 atom stereocenters. The minimum atomic E-state index is -0.802. The summed E-state index contributed by atoms with van der Waals surface area (Å²) in [5.41, 5.74) is 0.448. The fraction of sp³-hybridized carbons (Fsp3) is 0.400. The molecule has 1 aromatic rings. The van der Waals surface area contributed by atoms with Crippen LogP contribution in [0.2, 0.25) is 0 Å². The highest BCUT2D eigenvalue weighted by atomic mass is 32.2. The Morgan fingerprint density at radius 1 is 1.71 bits per heavy atom. The maximum absolute atomic E-state index is 11.5. The number of rotatable bonds is 6. The number of aliphatic hydroxyl groups excluding tert-OH is 2. The van der Waals surface area contributed by atoms with Crippen LogP contribution in [-0.4, -0.2) is 40.3 Å². The van der Waals surface area contributed by atoms with Crippen LogP contribution < -0.4 is 5.32 Å². The lowest BCUT2D eigenvalue weighted by Crippen LogP contribution is -2.19. The monoisotopic (exact) mass is 272 g/mol. The quantitative estimate of drug-likeness (QED) is 0.707. The van der Waals surface area contributed by atoms with Crippen LogP contribution in [0.25, 0.3) is 0 Å². The van der Waals surface area contributed by atoms with Gasteiger partial charge in [0.15, 0.2) is 0 Å². The number of nitrogens with one attached hydrogen (secondary N) is 1. The van der Waals surface area contributed by atoms with Crippen molar-refractivity contribution in [2.45, 2.75) is 6.10 Å². The molecule has 0 fully saturated rings. The minimum absolute atomic E-state index is 0.180. The molecule has 7 heteroatoms. The standard InChI is InChI=1S/C10H12N2O3S2/c11-3-7-1-2-17-10(7)12-9(15)6-16-5-8(14)4-13/h1-2,8,13-14H,4-6H2,(H,12,15). The maximum Gasteiger partial charge on any atom is 0.235 e. The summed E-state index contributed by atoms with van der Waals surface area (Å²) < 4.78 is 0. The first-order chi connectivity index (χ1) is 8.17. The molecule has 0 saturated carbocycles. The van der Waals surface area contributed by atoms with Crippen LogP contribution in [0.1, 0.15) is 5.56 Å². The molecule has 0 spiro atoms. The molecule has 0 aliphatic rings. The van der Waals surface area contributed by atoms with Crippen LogP contribution in [0.15, 0.2) is 11.4 Å². The number of anilines is 1. The number of carbonyl (C=O) groups excluding carboxylic acids is 1. The van der Waals surface area contributed by atoms with Gasteiger partial charge in [-0.3, -0.25) is 4.79 Å². The first kappa shape index (κ1) is 14.0. The van der Waals surface area contributed by atoms with Gasteiger partial charge in [-0.05, 0) is 11.4 Å². The van der Waals surface area contributed by atoms with Gasteiger partial charge in [-0.1, -0.05) is 0 Å². The Bertz CT molecular complexity index is 414. The van der Waals surface area contributed by atoms with E-state index in [0.29, 0.717) is 16.3 Å². The van der Waals surface area contributed by atoms with Gasteiger partial charge >= 0.3 is 0 Å². The smallest absolute Gasteiger partial charge is 0.235 e. The van der Waals surface area contributed by atoms with E-state index in [1.807, 2.05) is 6.07 Å². The Kier molecular flexibility index (Phi) is 6.00. The second kappa shape index (κ2) is 7.29. The van der Waals surface area contributed by atoms with E-state index in [1.54, 1.807) is 11.4 Å². The van der Waals surface area contributed by atoms with Crippen molar-refractivity contribution in [3.05, 3.63) is 17.0 Å². The molecule has 0 aliphatic carbocycles. The van der Waals surface area contributed by atoms with Crippen LogP contribution in [0.3, 0.4) is 0 Å². The first-order valence-electron chi connectivity index (χ1n) is 4.81. The van der Waals surface area contributed by atoms with Gasteiger partial charge in [0.25, 0.3) is 0 Å². The molecule has 1 unspecified atom stereocenters. The number of nitrogens with zero attached hydrogens (tertiary/aromatic N) is 1. The van der Waals surface area contributed by atoms with E-state index in [1.165, 1.54) is 23.1 Å². The highest BCUT2D eigenvalue weighted by Crippen LogP contribution is 2.22. The zero-order valence-electron chi connectivity index (χ0n) is 8.92. The molecule has 1 amide bonds. The van der Waals surface area contributed by atoms with Gasteiger partial charge < -0.3 is 15.5 Å². The van der Waals surface area contributed by atoms with Crippen molar-refractivity contribution in [3.8, 4) is 6.07 Å². The van der Waals surface area contributed by atoms with Gasteiger partial charge in [0.1, 0.15) is 11.1 Å². The summed E-state index contributed by atoms with van der Waals surface area (Å²) in [5.74, 6) is 0.262. The molecule has 1 rings (SSSR count). The van der Waals surface area contributed by atoms with E-state index in [0.717, 1.165) is 0 Å². The largest absolute Gasteiger partial charge is 0.394 e. The number of thioether (sulfide) groups is 1. The van der Waals surface area contributed by atoms with E-state index in [9.17, 15) is 4.79 Å². The highest BCUT2D eigenvalue weighted by Gasteiger charge is 2.09.